The zero-order valence-corrected chi connectivity index (χ0v) is 14.5. The van der Waals surface area contributed by atoms with Crippen LogP contribution in [0, 0.1) is 5.82 Å². The molecule has 0 radical (unpaired) electrons. The lowest BCUT2D eigenvalue weighted by Crippen LogP contribution is -2.38. The van der Waals surface area contributed by atoms with Crippen molar-refractivity contribution in [3.05, 3.63) is 88.4 Å². The van der Waals surface area contributed by atoms with Gasteiger partial charge >= 0.3 is 0 Å². The minimum absolute atomic E-state index is 0.229. The van der Waals surface area contributed by atoms with Crippen LogP contribution in [-0.4, -0.2) is 12.0 Å². The number of rotatable bonds is 6. The summed E-state index contributed by atoms with van der Waals surface area (Å²) in [4.78, 5) is 13.6. The van der Waals surface area contributed by atoms with Crippen LogP contribution in [0.2, 0.25) is 0 Å². The molecule has 1 heterocycles. The Hall–Kier alpha value is -2.66. The van der Waals surface area contributed by atoms with Crippen LogP contribution in [0.1, 0.15) is 23.4 Å². The van der Waals surface area contributed by atoms with Crippen LogP contribution >= 0.6 is 11.3 Å². The number of ether oxygens (including phenoxy) is 1. The molecular formula is C20H18FNO2S. The van der Waals surface area contributed by atoms with E-state index in [4.69, 9.17) is 4.74 Å². The zero-order valence-electron chi connectivity index (χ0n) is 13.7. The minimum atomic E-state index is -0.698. The Morgan fingerprint density at radius 1 is 1.04 bits per heavy atom. The fourth-order valence-electron chi connectivity index (χ4n) is 2.45. The van der Waals surface area contributed by atoms with Gasteiger partial charge in [0, 0.05) is 4.88 Å². The van der Waals surface area contributed by atoms with Crippen molar-refractivity contribution in [1.82, 2.24) is 5.32 Å². The van der Waals surface area contributed by atoms with E-state index in [0.29, 0.717) is 5.75 Å². The molecule has 128 valence electrons. The highest BCUT2D eigenvalue weighted by Gasteiger charge is 2.22. The third-order valence-electron chi connectivity index (χ3n) is 3.74. The normalized spacial score (nSPS) is 13.0. The third-order valence-corrected chi connectivity index (χ3v) is 4.68. The lowest BCUT2D eigenvalue weighted by Gasteiger charge is -2.21. The molecule has 2 atom stereocenters. The first-order valence-corrected chi connectivity index (χ1v) is 8.82. The molecule has 3 rings (SSSR count). The van der Waals surface area contributed by atoms with Gasteiger partial charge in [-0.25, -0.2) is 4.39 Å². The van der Waals surface area contributed by atoms with Crippen molar-refractivity contribution in [2.45, 2.75) is 19.1 Å². The average molecular weight is 355 g/mol. The van der Waals surface area contributed by atoms with E-state index in [1.165, 1.54) is 24.3 Å². The van der Waals surface area contributed by atoms with Crippen molar-refractivity contribution in [2.75, 3.05) is 0 Å². The fourth-order valence-corrected chi connectivity index (χ4v) is 3.25. The van der Waals surface area contributed by atoms with Gasteiger partial charge in [0.1, 0.15) is 11.6 Å². The van der Waals surface area contributed by atoms with Crippen LogP contribution < -0.4 is 10.1 Å². The molecule has 5 heteroatoms. The van der Waals surface area contributed by atoms with Gasteiger partial charge in [-0.2, -0.15) is 0 Å². The molecule has 0 fully saturated rings. The third kappa shape index (κ3) is 4.45. The molecule has 0 bridgehead atoms. The number of benzene rings is 2. The van der Waals surface area contributed by atoms with Crippen LogP contribution in [0.3, 0.4) is 0 Å². The van der Waals surface area contributed by atoms with E-state index in [-0.39, 0.29) is 17.8 Å². The summed E-state index contributed by atoms with van der Waals surface area (Å²) >= 11 is 1.59. The van der Waals surface area contributed by atoms with Crippen molar-refractivity contribution in [3.8, 4) is 5.75 Å². The molecule has 2 aromatic carbocycles. The Bertz CT molecular complexity index is 803. The van der Waals surface area contributed by atoms with Crippen LogP contribution in [0.25, 0.3) is 0 Å². The lowest BCUT2D eigenvalue weighted by atomic mass is 10.1. The van der Waals surface area contributed by atoms with Crippen molar-refractivity contribution in [1.29, 1.82) is 0 Å². The van der Waals surface area contributed by atoms with Gasteiger partial charge in [-0.15, -0.1) is 11.3 Å². The van der Waals surface area contributed by atoms with Crippen LogP contribution in [0.4, 0.5) is 4.39 Å². The van der Waals surface area contributed by atoms with Gasteiger partial charge in [0.2, 0.25) is 0 Å². The number of carbonyl (C=O) groups is 1. The smallest absolute Gasteiger partial charge is 0.261 e. The molecule has 0 aliphatic rings. The summed E-state index contributed by atoms with van der Waals surface area (Å²) in [5, 5.41) is 5.02. The Kier molecular flexibility index (Phi) is 5.46. The number of hydrogen-bond acceptors (Lipinski definition) is 3. The number of halogens is 1. The van der Waals surface area contributed by atoms with Crippen molar-refractivity contribution < 1.29 is 13.9 Å². The number of nitrogens with one attached hydrogen (secondary N) is 1. The molecule has 0 unspecified atom stereocenters. The quantitative estimate of drug-likeness (QED) is 0.704. The molecule has 3 aromatic rings. The summed E-state index contributed by atoms with van der Waals surface area (Å²) in [5.74, 6) is -0.116. The van der Waals surface area contributed by atoms with Gasteiger partial charge in [-0.3, -0.25) is 4.79 Å². The molecule has 3 nitrogen and oxygen atoms in total. The molecular weight excluding hydrogens is 337 g/mol. The highest BCUT2D eigenvalue weighted by Crippen LogP contribution is 2.26. The summed E-state index contributed by atoms with van der Waals surface area (Å²) in [6.07, 6.45) is -0.698. The number of amides is 1. The molecule has 0 spiro atoms. The number of hydrogen-bond donors (Lipinski definition) is 1. The number of carbonyl (C=O) groups excluding carboxylic acids is 1. The fraction of sp³-hybridized carbons (Fsp3) is 0.150. The highest BCUT2D eigenvalue weighted by molar-refractivity contribution is 7.10. The Balaban J connectivity index is 1.73. The first-order valence-electron chi connectivity index (χ1n) is 7.94. The topological polar surface area (TPSA) is 38.3 Å². The van der Waals surface area contributed by atoms with E-state index in [9.17, 15) is 9.18 Å². The summed E-state index contributed by atoms with van der Waals surface area (Å²) < 4.78 is 18.6. The summed E-state index contributed by atoms with van der Waals surface area (Å²) in [6, 6.07) is 19.1. The standard InChI is InChI=1S/C20H18FNO2S/c1-14(24-17-11-9-16(21)10-12-17)20(23)22-19(18-8-5-13-25-18)15-6-3-2-4-7-15/h2-14,19H,1H3,(H,22,23)/t14-,19-/m1/s1. The molecule has 0 aliphatic carbocycles. The first kappa shape index (κ1) is 17.2. The second-order valence-corrected chi connectivity index (χ2v) is 6.56. The Morgan fingerprint density at radius 2 is 1.76 bits per heavy atom. The molecule has 0 saturated heterocycles. The van der Waals surface area contributed by atoms with Crippen molar-refractivity contribution in [3.63, 3.8) is 0 Å². The molecule has 25 heavy (non-hydrogen) atoms. The summed E-state index contributed by atoms with van der Waals surface area (Å²) in [6.45, 7) is 1.68. The second-order valence-electron chi connectivity index (χ2n) is 5.58. The predicted molar refractivity (Wildman–Crippen MR) is 97.2 cm³/mol. The van der Waals surface area contributed by atoms with Gasteiger partial charge in [-0.1, -0.05) is 36.4 Å². The van der Waals surface area contributed by atoms with Crippen molar-refractivity contribution in [2.24, 2.45) is 0 Å². The SMILES string of the molecule is C[C@@H](Oc1ccc(F)cc1)C(=O)N[C@H](c1ccccc1)c1cccs1. The van der Waals surface area contributed by atoms with Gasteiger partial charge in [-0.05, 0) is 48.2 Å². The summed E-state index contributed by atoms with van der Waals surface area (Å²) in [7, 11) is 0. The first-order chi connectivity index (χ1) is 12.1. The maximum Gasteiger partial charge on any atom is 0.261 e. The van der Waals surface area contributed by atoms with Gasteiger partial charge in [0.15, 0.2) is 6.10 Å². The van der Waals surface area contributed by atoms with Gasteiger partial charge in [0.05, 0.1) is 6.04 Å². The van der Waals surface area contributed by atoms with Gasteiger partial charge < -0.3 is 10.1 Å². The van der Waals surface area contributed by atoms with E-state index in [2.05, 4.69) is 5.32 Å². The van der Waals surface area contributed by atoms with E-state index in [0.717, 1.165) is 10.4 Å². The van der Waals surface area contributed by atoms with Crippen LogP contribution in [-0.2, 0) is 4.79 Å². The molecule has 0 saturated carbocycles. The van der Waals surface area contributed by atoms with E-state index in [1.54, 1.807) is 18.3 Å². The zero-order chi connectivity index (χ0) is 17.6. The van der Waals surface area contributed by atoms with Crippen LogP contribution in [0.5, 0.6) is 5.75 Å². The molecule has 0 aliphatic heterocycles. The molecule has 1 aromatic heterocycles. The predicted octanol–water partition coefficient (Wildman–Crippen LogP) is 4.56. The van der Waals surface area contributed by atoms with E-state index >= 15 is 0 Å². The highest BCUT2D eigenvalue weighted by atomic mass is 32.1. The monoisotopic (exact) mass is 355 g/mol. The maximum atomic E-state index is 13.0. The van der Waals surface area contributed by atoms with E-state index < -0.39 is 6.10 Å². The summed E-state index contributed by atoms with van der Waals surface area (Å²) in [5.41, 5.74) is 1.01. The van der Waals surface area contributed by atoms with Crippen molar-refractivity contribution >= 4 is 17.2 Å². The number of thiophene rings is 1. The second kappa shape index (κ2) is 7.94. The van der Waals surface area contributed by atoms with Gasteiger partial charge in [0.25, 0.3) is 5.91 Å². The largest absolute Gasteiger partial charge is 0.481 e. The molecule has 1 amide bonds. The Morgan fingerprint density at radius 3 is 2.40 bits per heavy atom. The average Bonchev–Trinajstić information content (AvgIpc) is 3.16. The minimum Gasteiger partial charge on any atom is -0.481 e. The Labute approximate surface area is 150 Å². The lowest BCUT2D eigenvalue weighted by molar-refractivity contribution is -0.127. The van der Waals surface area contributed by atoms with Crippen LogP contribution in [0.15, 0.2) is 72.1 Å². The maximum absolute atomic E-state index is 13.0. The van der Waals surface area contributed by atoms with E-state index in [1.807, 2.05) is 47.8 Å². The molecule has 1 N–H and O–H groups in total.